The molecule has 1 N–H and O–H groups in total. The Morgan fingerprint density at radius 1 is 1.67 bits per heavy atom. The van der Waals surface area contributed by atoms with E-state index in [4.69, 9.17) is 5.26 Å². The van der Waals surface area contributed by atoms with Crippen molar-refractivity contribution >= 4 is 0 Å². The van der Waals surface area contributed by atoms with Gasteiger partial charge in [0.1, 0.15) is 6.26 Å². The van der Waals surface area contributed by atoms with Crippen molar-refractivity contribution in [1.29, 1.82) is 0 Å². The van der Waals surface area contributed by atoms with E-state index in [1.165, 1.54) is 6.26 Å². The van der Waals surface area contributed by atoms with Crippen molar-refractivity contribution in [2.45, 2.75) is 6.92 Å². The Hall–Kier alpha value is -0.540. The van der Waals surface area contributed by atoms with Gasteiger partial charge >= 0.3 is 0 Å². The monoisotopic (exact) mass is 90.0 g/mol. The van der Waals surface area contributed by atoms with Crippen molar-refractivity contribution in [3.8, 4) is 0 Å². The summed E-state index contributed by atoms with van der Waals surface area (Å²) in [4.78, 5) is 3.86. The molecule has 0 heterocycles. The van der Waals surface area contributed by atoms with Gasteiger partial charge in [0, 0.05) is 0 Å². The first-order valence-electron chi connectivity index (χ1n) is 1.50. The molecule has 0 aromatic rings. The van der Waals surface area contributed by atoms with Crippen molar-refractivity contribution in [2.24, 2.45) is 0 Å². The molecule has 0 fully saturated rings. The summed E-state index contributed by atoms with van der Waals surface area (Å²) in [6.45, 7) is 1.74. The highest BCUT2D eigenvalue weighted by Crippen LogP contribution is 1.71. The van der Waals surface area contributed by atoms with Gasteiger partial charge in [-0.3, -0.25) is 0 Å². The Kier molecular flexibility index (Phi) is 4.06. The van der Waals surface area contributed by atoms with Crippen LogP contribution in [-0.4, -0.2) is 5.26 Å². The third-order valence-electron chi connectivity index (χ3n) is 0.235. The second kappa shape index (κ2) is 4.46. The molecule has 0 saturated heterocycles. The zero-order valence-electron chi connectivity index (χ0n) is 3.42. The van der Waals surface area contributed by atoms with Crippen LogP contribution in [0.1, 0.15) is 6.92 Å². The van der Waals surface area contributed by atoms with Crippen LogP contribution in [0.2, 0.25) is 0 Å². The molecule has 0 amide bonds. The topological polar surface area (TPSA) is 38.7 Å². The maximum absolute atomic E-state index is 7.42. The molecule has 0 saturated carbocycles. The molecule has 3 heteroatoms. The van der Waals surface area contributed by atoms with Crippen LogP contribution < -0.4 is 0 Å². The van der Waals surface area contributed by atoms with Crippen molar-refractivity contribution in [1.82, 2.24) is 0 Å². The van der Waals surface area contributed by atoms with Gasteiger partial charge in [-0.05, 0) is 18.0 Å². The van der Waals surface area contributed by atoms with Gasteiger partial charge in [0.15, 0.2) is 0 Å². The van der Waals surface area contributed by atoms with Crippen molar-refractivity contribution < 1.29 is 15.2 Å². The number of hydrogen-bond donors (Lipinski definition) is 1. The van der Waals surface area contributed by atoms with Gasteiger partial charge in [-0.15, -0.1) is 0 Å². The molecule has 0 aliphatic carbocycles. The molecule has 36 valence electrons. The van der Waals surface area contributed by atoms with Crippen LogP contribution in [0.15, 0.2) is 12.3 Å². The van der Waals surface area contributed by atoms with Gasteiger partial charge in [0.05, 0.1) is 0 Å². The average Bonchev–Trinajstić information content (AvgIpc) is 1.61. The Labute approximate surface area is 35.7 Å². The van der Waals surface area contributed by atoms with E-state index in [1.807, 2.05) is 0 Å². The summed E-state index contributed by atoms with van der Waals surface area (Å²) in [7, 11) is 0. The molecule has 0 aromatic carbocycles. The molecule has 0 rings (SSSR count). The maximum atomic E-state index is 7.42. The summed E-state index contributed by atoms with van der Waals surface area (Å²) in [5.74, 6) is 0. The number of allylic oxidation sites excluding steroid dienone is 1. The molecular weight excluding hydrogens is 84.0 g/mol. The van der Waals surface area contributed by atoms with E-state index < -0.39 is 0 Å². The minimum absolute atomic E-state index is 1.21. The summed E-state index contributed by atoms with van der Waals surface area (Å²) < 4.78 is 0. The van der Waals surface area contributed by atoms with Gasteiger partial charge in [0.25, 0.3) is 0 Å². The van der Waals surface area contributed by atoms with Crippen molar-refractivity contribution in [2.75, 3.05) is 0 Å². The summed E-state index contributed by atoms with van der Waals surface area (Å²) >= 11 is 0. The van der Waals surface area contributed by atoms with Crippen LogP contribution in [0.25, 0.3) is 0 Å². The van der Waals surface area contributed by atoms with E-state index >= 15 is 0 Å². The highest BCUT2D eigenvalue weighted by Gasteiger charge is 1.61. The van der Waals surface area contributed by atoms with E-state index in [2.05, 4.69) is 9.93 Å². The molecule has 0 atom stereocenters. The zero-order chi connectivity index (χ0) is 4.83. The SMILES string of the molecule is C/C=C/OOO. The zero-order valence-corrected chi connectivity index (χ0v) is 3.42. The fourth-order valence-corrected chi connectivity index (χ4v) is 0.0804. The fourth-order valence-electron chi connectivity index (χ4n) is 0.0804. The third-order valence-corrected chi connectivity index (χ3v) is 0.235. The molecule has 0 aliphatic rings. The maximum Gasteiger partial charge on any atom is 0.128 e. The molecule has 0 bridgehead atoms. The molecule has 0 unspecified atom stereocenters. The van der Waals surface area contributed by atoms with E-state index in [0.717, 1.165) is 0 Å². The second-order valence-corrected chi connectivity index (χ2v) is 0.640. The van der Waals surface area contributed by atoms with Gasteiger partial charge in [-0.1, -0.05) is 0 Å². The predicted molar refractivity (Wildman–Crippen MR) is 19.6 cm³/mol. The average molecular weight is 90.1 g/mol. The van der Waals surface area contributed by atoms with Gasteiger partial charge in [-0.25, -0.2) is 5.26 Å². The van der Waals surface area contributed by atoms with E-state index in [0.29, 0.717) is 0 Å². The van der Waals surface area contributed by atoms with E-state index in [1.54, 1.807) is 13.0 Å². The standard InChI is InChI=1S/C3H6O3/c1-2-3-5-6-4/h2-4H,1H3/b3-2+. The number of rotatable bonds is 2. The fraction of sp³-hybridized carbons (Fsp3) is 0.333. The molecular formula is C3H6O3. The molecule has 0 spiro atoms. The highest BCUT2D eigenvalue weighted by atomic mass is 17.5. The van der Waals surface area contributed by atoms with Gasteiger partial charge in [-0.2, -0.15) is 0 Å². The highest BCUT2D eigenvalue weighted by molar-refractivity contribution is 4.62. The van der Waals surface area contributed by atoms with E-state index in [9.17, 15) is 0 Å². The van der Waals surface area contributed by atoms with Crippen molar-refractivity contribution in [3.05, 3.63) is 12.3 Å². The van der Waals surface area contributed by atoms with Crippen LogP contribution in [0.4, 0.5) is 0 Å². The van der Waals surface area contributed by atoms with E-state index in [-0.39, 0.29) is 0 Å². The molecule has 3 nitrogen and oxygen atoms in total. The van der Waals surface area contributed by atoms with Gasteiger partial charge in [0.2, 0.25) is 0 Å². The first-order valence-corrected chi connectivity index (χ1v) is 1.50. The lowest BCUT2D eigenvalue weighted by Gasteiger charge is -1.82. The Morgan fingerprint density at radius 2 is 2.33 bits per heavy atom. The largest absolute Gasteiger partial charge is 0.317 e. The third kappa shape index (κ3) is 3.46. The normalized spacial score (nSPS) is 9.67. The molecule has 6 heavy (non-hydrogen) atoms. The summed E-state index contributed by atoms with van der Waals surface area (Å²) in [6, 6.07) is 0. The first-order chi connectivity index (χ1) is 2.91. The first kappa shape index (κ1) is 5.46. The second-order valence-electron chi connectivity index (χ2n) is 0.640. The Morgan fingerprint density at radius 3 is 2.50 bits per heavy atom. The lowest BCUT2D eigenvalue weighted by Crippen LogP contribution is -1.74. The molecule has 0 radical (unpaired) electrons. The quantitative estimate of drug-likeness (QED) is 0.311. The lowest BCUT2D eigenvalue weighted by atomic mass is 10.7. The summed E-state index contributed by atoms with van der Waals surface area (Å²) in [5.41, 5.74) is 0. The van der Waals surface area contributed by atoms with Crippen LogP contribution in [-0.2, 0) is 9.93 Å². The van der Waals surface area contributed by atoms with Crippen LogP contribution in [0.5, 0.6) is 0 Å². The molecule has 0 aliphatic heterocycles. The van der Waals surface area contributed by atoms with Gasteiger partial charge < -0.3 is 4.89 Å². The molecule has 0 aromatic heterocycles. The number of hydrogen-bond acceptors (Lipinski definition) is 3. The minimum atomic E-state index is 1.21. The van der Waals surface area contributed by atoms with Crippen LogP contribution >= 0.6 is 0 Å². The lowest BCUT2D eigenvalue weighted by molar-refractivity contribution is -0.465. The Bertz CT molecular complexity index is 41.3. The minimum Gasteiger partial charge on any atom is -0.317 e. The summed E-state index contributed by atoms with van der Waals surface area (Å²) in [6.07, 6.45) is 2.79. The smallest absolute Gasteiger partial charge is 0.128 e. The van der Waals surface area contributed by atoms with Crippen LogP contribution in [0, 0.1) is 0 Å². The predicted octanol–water partition coefficient (Wildman–Crippen LogP) is 0.941. The Balaban J connectivity index is 2.66. The van der Waals surface area contributed by atoms with Crippen molar-refractivity contribution in [3.63, 3.8) is 0 Å². The summed E-state index contributed by atoms with van der Waals surface area (Å²) in [5, 5.41) is 10.6. The van der Waals surface area contributed by atoms with Crippen LogP contribution in [0.3, 0.4) is 0 Å².